The van der Waals surface area contributed by atoms with E-state index in [-0.39, 0.29) is 12.5 Å². The molecule has 2 aliphatic rings. The van der Waals surface area contributed by atoms with Crippen molar-refractivity contribution in [2.24, 2.45) is 11.8 Å². The molecule has 2 aliphatic heterocycles. The van der Waals surface area contributed by atoms with E-state index in [1.807, 2.05) is 48.2 Å². The number of aliphatic hydroxyl groups excluding tert-OH is 1. The van der Waals surface area contributed by atoms with Gasteiger partial charge in [0.2, 0.25) is 6.29 Å². The molecular formula is C20H27NO4S. The maximum absolute atomic E-state index is 12.7. The Bertz CT molecular complexity index is 601. The van der Waals surface area contributed by atoms with Crippen molar-refractivity contribution < 1.29 is 19.4 Å². The number of amides is 1. The molecule has 0 saturated carbocycles. The lowest BCUT2D eigenvalue weighted by Gasteiger charge is -2.31. The van der Waals surface area contributed by atoms with Crippen LogP contribution in [0.3, 0.4) is 0 Å². The van der Waals surface area contributed by atoms with Crippen molar-refractivity contribution in [1.82, 2.24) is 0 Å². The van der Waals surface area contributed by atoms with E-state index in [1.54, 1.807) is 0 Å². The maximum atomic E-state index is 12.7. The molecule has 1 unspecified atom stereocenters. The van der Waals surface area contributed by atoms with Crippen molar-refractivity contribution >= 4 is 23.4 Å². The molecule has 0 bridgehead atoms. The quantitative estimate of drug-likeness (QED) is 0.680. The van der Waals surface area contributed by atoms with Gasteiger partial charge in [-0.05, 0) is 60.8 Å². The van der Waals surface area contributed by atoms with Crippen LogP contribution in [0, 0.1) is 11.8 Å². The minimum Gasteiger partial charge on any atom is -0.459 e. The fraction of sp³-hybridized carbons (Fsp3) is 0.550. The summed E-state index contributed by atoms with van der Waals surface area (Å²) in [4.78, 5) is 12.7. The van der Waals surface area contributed by atoms with Crippen molar-refractivity contribution in [3.8, 4) is 0 Å². The van der Waals surface area contributed by atoms with Gasteiger partial charge in [0.25, 0.3) is 5.91 Å². The van der Waals surface area contributed by atoms with Gasteiger partial charge in [0.1, 0.15) is 0 Å². The Labute approximate surface area is 159 Å². The largest absolute Gasteiger partial charge is 0.459 e. The second-order valence-corrected chi connectivity index (χ2v) is 7.87. The Balaban J connectivity index is 1.65. The lowest BCUT2D eigenvalue weighted by molar-refractivity contribution is -0.148. The molecule has 2 N–H and O–H groups in total. The number of nitrogens with one attached hydrogen (secondary N) is 1. The van der Waals surface area contributed by atoms with E-state index in [0.717, 1.165) is 24.3 Å². The van der Waals surface area contributed by atoms with Crippen LogP contribution in [0.25, 0.3) is 0 Å². The van der Waals surface area contributed by atoms with Crippen LogP contribution in [0.4, 0.5) is 5.69 Å². The number of anilines is 1. The summed E-state index contributed by atoms with van der Waals surface area (Å²) in [6.07, 6.45) is 5.05. The first kappa shape index (κ1) is 19.3. The standard InChI is InChI=1S/C20H27NO4S/c22-9-4-5-10-24-19-13-16(15-8-11-26-14-15)12-18(25-19)20(23)21-17-6-2-1-3-7-17/h1-3,6-7,12,15-16,19,22H,4-5,8-11,13-14H2,(H,21,23)/t15?,16-,19+/m1/s1. The highest BCUT2D eigenvalue weighted by atomic mass is 32.2. The lowest BCUT2D eigenvalue weighted by Crippen LogP contribution is -2.32. The minimum atomic E-state index is -0.397. The normalized spacial score (nSPS) is 25.4. The van der Waals surface area contributed by atoms with Crippen molar-refractivity contribution in [3.05, 3.63) is 42.2 Å². The molecule has 2 heterocycles. The Hall–Kier alpha value is -1.50. The van der Waals surface area contributed by atoms with E-state index in [2.05, 4.69) is 5.32 Å². The zero-order valence-corrected chi connectivity index (χ0v) is 15.7. The summed E-state index contributed by atoms with van der Waals surface area (Å²) in [7, 11) is 0. The first-order valence-corrected chi connectivity index (χ1v) is 10.5. The smallest absolute Gasteiger partial charge is 0.290 e. The number of hydrogen-bond donors (Lipinski definition) is 2. The summed E-state index contributed by atoms with van der Waals surface area (Å²) in [6, 6.07) is 9.40. The summed E-state index contributed by atoms with van der Waals surface area (Å²) in [6.45, 7) is 0.701. The first-order valence-electron chi connectivity index (χ1n) is 9.31. The molecule has 26 heavy (non-hydrogen) atoms. The number of carbonyl (C=O) groups is 1. The molecule has 6 heteroatoms. The minimum absolute atomic E-state index is 0.168. The number of ether oxygens (including phenoxy) is 2. The zero-order chi connectivity index (χ0) is 18.2. The Morgan fingerprint density at radius 3 is 2.88 bits per heavy atom. The third-order valence-corrected chi connectivity index (χ3v) is 5.96. The Morgan fingerprint density at radius 2 is 2.15 bits per heavy atom. The summed E-state index contributed by atoms with van der Waals surface area (Å²) < 4.78 is 11.7. The molecule has 1 aromatic rings. The topological polar surface area (TPSA) is 67.8 Å². The number of rotatable bonds is 8. The number of hydrogen-bond acceptors (Lipinski definition) is 5. The first-order chi connectivity index (χ1) is 12.8. The SMILES string of the molecule is O=C(Nc1ccccc1)C1=C[C@@H](C2CCSC2)C[C@@H](OCCCCO)O1. The highest BCUT2D eigenvalue weighted by molar-refractivity contribution is 7.99. The van der Waals surface area contributed by atoms with Crippen LogP contribution in [0.2, 0.25) is 0 Å². The van der Waals surface area contributed by atoms with Crippen molar-refractivity contribution in [2.45, 2.75) is 32.0 Å². The molecule has 0 aliphatic carbocycles. The predicted octanol–water partition coefficient (Wildman–Crippen LogP) is 3.41. The highest BCUT2D eigenvalue weighted by Crippen LogP contribution is 2.37. The number of thioether (sulfide) groups is 1. The van der Waals surface area contributed by atoms with Crippen LogP contribution in [0.15, 0.2) is 42.2 Å². The van der Waals surface area contributed by atoms with Crippen molar-refractivity contribution in [2.75, 3.05) is 30.0 Å². The van der Waals surface area contributed by atoms with E-state index in [0.29, 0.717) is 30.6 Å². The average Bonchev–Trinajstić information content (AvgIpc) is 3.21. The summed E-state index contributed by atoms with van der Waals surface area (Å²) in [5.74, 6) is 3.32. The van der Waals surface area contributed by atoms with E-state index in [9.17, 15) is 4.79 Å². The monoisotopic (exact) mass is 377 g/mol. The molecule has 5 nitrogen and oxygen atoms in total. The molecule has 1 fully saturated rings. The maximum Gasteiger partial charge on any atom is 0.290 e. The van der Waals surface area contributed by atoms with Gasteiger partial charge in [-0.3, -0.25) is 4.79 Å². The number of allylic oxidation sites excluding steroid dienone is 1. The van der Waals surface area contributed by atoms with Gasteiger partial charge in [-0.2, -0.15) is 11.8 Å². The number of benzene rings is 1. The lowest BCUT2D eigenvalue weighted by atomic mass is 9.87. The van der Waals surface area contributed by atoms with Gasteiger partial charge in [-0.25, -0.2) is 0 Å². The summed E-state index contributed by atoms with van der Waals surface area (Å²) in [5, 5.41) is 11.8. The molecule has 3 rings (SSSR count). The van der Waals surface area contributed by atoms with Crippen LogP contribution in [-0.4, -0.2) is 42.0 Å². The van der Waals surface area contributed by atoms with Crippen LogP contribution >= 0.6 is 11.8 Å². The third-order valence-electron chi connectivity index (χ3n) is 4.77. The molecule has 0 radical (unpaired) electrons. The molecular weight excluding hydrogens is 350 g/mol. The van der Waals surface area contributed by atoms with Gasteiger partial charge < -0.3 is 19.9 Å². The van der Waals surface area contributed by atoms with Crippen LogP contribution in [-0.2, 0) is 14.3 Å². The van der Waals surface area contributed by atoms with Gasteiger partial charge >= 0.3 is 0 Å². The Kier molecular flexibility index (Phi) is 7.41. The number of unbranched alkanes of at least 4 members (excludes halogenated alkanes) is 1. The van der Waals surface area contributed by atoms with Crippen molar-refractivity contribution in [3.63, 3.8) is 0 Å². The van der Waals surface area contributed by atoms with E-state index in [1.165, 1.54) is 12.2 Å². The molecule has 0 spiro atoms. The van der Waals surface area contributed by atoms with Gasteiger partial charge in [0.05, 0.1) is 6.61 Å². The molecule has 1 aromatic carbocycles. The second kappa shape index (κ2) is 10.00. The average molecular weight is 378 g/mol. The summed E-state index contributed by atoms with van der Waals surface area (Å²) in [5.41, 5.74) is 0.751. The predicted molar refractivity (Wildman–Crippen MR) is 104 cm³/mol. The zero-order valence-electron chi connectivity index (χ0n) is 14.9. The van der Waals surface area contributed by atoms with Gasteiger partial charge in [-0.15, -0.1) is 0 Å². The van der Waals surface area contributed by atoms with E-state index in [4.69, 9.17) is 14.6 Å². The van der Waals surface area contributed by atoms with Crippen LogP contribution < -0.4 is 5.32 Å². The molecule has 0 aromatic heterocycles. The fourth-order valence-electron chi connectivity index (χ4n) is 3.31. The van der Waals surface area contributed by atoms with E-state index >= 15 is 0 Å². The van der Waals surface area contributed by atoms with Gasteiger partial charge in [-0.1, -0.05) is 18.2 Å². The Morgan fingerprint density at radius 1 is 1.31 bits per heavy atom. The molecule has 1 amide bonds. The fourth-order valence-corrected chi connectivity index (χ4v) is 4.66. The van der Waals surface area contributed by atoms with Gasteiger partial charge in [0.15, 0.2) is 5.76 Å². The van der Waals surface area contributed by atoms with Crippen LogP contribution in [0.1, 0.15) is 25.7 Å². The molecule has 3 atom stereocenters. The van der Waals surface area contributed by atoms with E-state index < -0.39 is 6.29 Å². The number of aliphatic hydroxyl groups is 1. The van der Waals surface area contributed by atoms with Gasteiger partial charge in [0, 0.05) is 18.7 Å². The van der Waals surface area contributed by atoms with Crippen LogP contribution in [0.5, 0.6) is 0 Å². The third kappa shape index (κ3) is 5.50. The second-order valence-electron chi connectivity index (χ2n) is 6.72. The van der Waals surface area contributed by atoms with Crippen molar-refractivity contribution in [1.29, 1.82) is 0 Å². The molecule has 1 saturated heterocycles. The summed E-state index contributed by atoms with van der Waals surface area (Å²) >= 11 is 1.97. The molecule has 142 valence electrons. The number of para-hydroxylation sites is 1. The highest BCUT2D eigenvalue weighted by Gasteiger charge is 2.33. The number of carbonyl (C=O) groups excluding carboxylic acids is 1.